The molecule has 0 radical (unpaired) electrons. The maximum Gasteiger partial charge on any atom is 0.105 e. The van der Waals surface area contributed by atoms with Gasteiger partial charge in [-0.25, -0.2) is 0 Å². The van der Waals surface area contributed by atoms with Gasteiger partial charge >= 0.3 is 0 Å². The maximum absolute atomic E-state index is 10.4. The Hall–Kier alpha value is -0.830. The predicted molar refractivity (Wildman–Crippen MR) is 79.1 cm³/mol. The molecule has 0 aliphatic rings. The Balaban J connectivity index is 2.47. The lowest BCUT2D eigenvalue weighted by Gasteiger charge is -2.15. The third-order valence-electron chi connectivity index (χ3n) is 2.97. The van der Waals surface area contributed by atoms with Crippen LogP contribution in [-0.4, -0.2) is 5.11 Å². The molecule has 2 aromatic rings. The van der Waals surface area contributed by atoms with Gasteiger partial charge in [0.05, 0.1) is 0 Å². The highest BCUT2D eigenvalue weighted by molar-refractivity contribution is 9.10. The van der Waals surface area contributed by atoms with Gasteiger partial charge in [-0.1, -0.05) is 57.9 Å². The standard InChI is InChI=1S/C15H14BrClO/c1-9-7-11(8-10(2)14(9)17)15(18)12-5-3-4-6-13(12)16/h3-8,15,18H,1-2H3/t15-/m1/s1. The average molecular weight is 326 g/mol. The Bertz CT molecular complexity index is 557. The molecule has 0 aliphatic heterocycles. The van der Waals surface area contributed by atoms with Crippen LogP contribution in [0.4, 0.5) is 0 Å². The average Bonchev–Trinajstić information content (AvgIpc) is 2.35. The molecule has 0 spiro atoms. The minimum Gasteiger partial charge on any atom is -0.384 e. The summed E-state index contributed by atoms with van der Waals surface area (Å²) in [4.78, 5) is 0. The summed E-state index contributed by atoms with van der Waals surface area (Å²) in [5, 5.41) is 11.2. The van der Waals surface area contributed by atoms with E-state index in [1.807, 2.05) is 50.2 Å². The number of hydrogen-bond acceptors (Lipinski definition) is 1. The monoisotopic (exact) mass is 324 g/mol. The summed E-state index contributed by atoms with van der Waals surface area (Å²) in [6.07, 6.45) is -0.643. The van der Waals surface area contributed by atoms with Crippen molar-refractivity contribution in [1.82, 2.24) is 0 Å². The minimum absolute atomic E-state index is 0.643. The summed E-state index contributed by atoms with van der Waals surface area (Å²) >= 11 is 9.60. The quantitative estimate of drug-likeness (QED) is 0.841. The smallest absolute Gasteiger partial charge is 0.105 e. The van der Waals surface area contributed by atoms with E-state index in [0.29, 0.717) is 0 Å². The highest BCUT2D eigenvalue weighted by Crippen LogP contribution is 2.31. The number of rotatable bonds is 2. The summed E-state index contributed by atoms with van der Waals surface area (Å²) in [6.45, 7) is 3.90. The van der Waals surface area contributed by atoms with Crippen LogP contribution in [0.25, 0.3) is 0 Å². The molecule has 1 nitrogen and oxygen atoms in total. The highest BCUT2D eigenvalue weighted by atomic mass is 79.9. The second-order valence-electron chi connectivity index (χ2n) is 4.39. The van der Waals surface area contributed by atoms with Gasteiger partial charge in [0.1, 0.15) is 6.10 Å². The molecule has 0 heterocycles. The third kappa shape index (κ3) is 2.61. The van der Waals surface area contributed by atoms with E-state index in [1.165, 1.54) is 0 Å². The van der Waals surface area contributed by atoms with Gasteiger partial charge < -0.3 is 5.11 Å². The second kappa shape index (κ2) is 5.43. The molecule has 94 valence electrons. The van der Waals surface area contributed by atoms with Gasteiger partial charge in [-0.3, -0.25) is 0 Å². The molecule has 0 unspecified atom stereocenters. The fraction of sp³-hybridized carbons (Fsp3) is 0.200. The Morgan fingerprint density at radius 1 is 1.11 bits per heavy atom. The molecule has 0 fully saturated rings. The van der Waals surface area contributed by atoms with Crippen LogP contribution < -0.4 is 0 Å². The molecule has 3 heteroatoms. The molecular formula is C15H14BrClO. The van der Waals surface area contributed by atoms with Crippen molar-refractivity contribution in [2.24, 2.45) is 0 Å². The second-order valence-corrected chi connectivity index (χ2v) is 5.63. The van der Waals surface area contributed by atoms with Crippen LogP contribution >= 0.6 is 27.5 Å². The molecule has 0 bridgehead atoms. The zero-order valence-electron chi connectivity index (χ0n) is 10.2. The topological polar surface area (TPSA) is 20.2 Å². The normalized spacial score (nSPS) is 12.5. The van der Waals surface area contributed by atoms with Gasteiger partial charge in [-0.2, -0.15) is 0 Å². The van der Waals surface area contributed by atoms with Crippen LogP contribution in [0.2, 0.25) is 5.02 Å². The summed E-state index contributed by atoms with van der Waals surface area (Å²) in [5.74, 6) is 0. The molecule has 0 amide bonds. The van der Waals surface area contributed by atoms with Crippen molar-refractivity contribution < 1.29 is 5.11 Å². The molecule has 0 saturated heterocycles. The number of aryl methyl sites for hydroxylation is 2. The lowest BCUT2D eigenvalue weighted by Crippen LogP contribution is -2.02. The Morgan fingerprint density at radius 2 is 1.67 bits per heavy atom. The molecule has 0 aliphatic carbocycles. The van der Waals surface area contributed by atoms with E-state index in [-0.39, 0.29) is 0 Å². The summed E-state index contributed by atoms with van der Waals surface area (Å²) in [6, 6.07) is 11.5. The van der Waals surface area contributed by atoms with Crippen molar-refractivity contribution in [3.63, 3.8) is 0 Å². The molecule has 2 rings (SSSR count). The van der Waals surface area contributed by atoms with Crippen molar-refractivity contribution in [2.45, 2.75) is 20.0 Å². The minimum atomic E-state index is -0.643. The van der Waals surface area contributed by atoms with Crippen molar-refractivity contribution in [1.29, 1.82) is 0 Å². The van der Waals surface area contributed by atoms with Crippen molar-refractivity contribution in [3.8, 4) is 0 Å². The van der Waals surface area contributed by atoms with E-state index < -0.39 is 6.10 Å². The van der Waals surface area contributed by atoms with Crippen LogP contribution in [0.15, 0.2) is 40.9 Å². The number of hydrogen-bond donors (Lipinski definition) is 1. The highest BCUT2D eigenvalue weighted by Gasteiger charge is 2.15. The number of halogens is 2. The zero-order chi connectivity index (χ0) is 13.3. The van der Waals surface area contributed by atoms with Gasteiger partial charge in [-0.05, 0) is 42.2 Å². The predicted octanol–water partition coefficient (Wildman–Crippen LogP) is 4.80. The van der Waals surface area contributed by atoms with Crippen LogP contribution in [0.3, 0.4) is 0 Å². The maximum atomic E-state index is 10.4. The van der Waals surface area contributed by atoms with Gasteiger partial charge in [0.2, 0.25) is 0 Å². The Kier molecular flexibility index (Phi) is 4.10. The van der Waals surface area contributed by atoms with Crippen LogP contribution in [-0.2, 0) is 0 Å². The van der Waals surface area contributed by atoms with Crippen molar-refractivity contribution in [3.05, 3.63) is 68.1 Å². The van der Waals surface area contributed by atoms with E-state index in [9.17, 15) is 5.11 Å². The van der Waals surface area contributed by atoms with E-state index in [2.05, 4.69) is 15.9 Å². The van der Waals surface area contributed by atoms with E-state index in [1.54, 1.807) is 0 Å². The summed E-state index contributed by atoms with van der Waals surface area (Å²) in [5.41, 5.74) is 3.69. The summed E-state index contributed by atoms with van der Waals surface area (Å²) < 4.78 is 0.905. The lowest BCUT2D eigenvalue weighted by molar-refractivity contribution is 0.219. The Morgan fingerprint density at radius 3 is 2.22 bits per heavy atom. The molecule has 0 aromatic heterocycles. The van der Waals surface area contributed by atoms with Crippen LogP contribution in [0.5, 0.6) is 0 Å². The fourth-order valence-electron chi connectivity index (χ4n) is 2.01. The SMILES string of the molecule is Cc1cc([C@@H](O)c2ccccc2Br)cc(C)c1Cl. The van der Waals surface area contributed by atoms with Crippen molar-refractivity contribution >= 4 is 27.5 Å². The third-order valence-corrected chi connectivity index (χ3v) is 4.29. The number of aliphatic hydroxyl groups is 1. The molecule has 1 N–H and O–H groups in total. The van der Waals surface area contributed by atoms with Gasteiger partial charge in [0.15, 0.2) is 0 Å². The van der Waals surface area contributed by atoms with Gasteiger partial charge in [0.25, 0.3) is 0 Å². The van der Waals surface area contributed by atoms with Crippen molar-refractivity contribution in [2.75, 3.05) is 0 Å². The van der Waals surface area contributed by atoms with E-state index >= 15 is 0 Å². The molecule has 2 aromatic carbocycles. The molecule has 1 atom stereocenters. The first-order valence-electron chi connectivity index (χ1n) is 5.70. The summed E-state index contributed by atoms with van der Waals surface area (Å²) in [7, 11) is 0. The number of benzene rings is 2. The van der Waals surface area contributed by atoms with Gasteiger partial charge in [-0.15, -0.1) is 0 Å². The van der Waals surface area contributed by atoms with Gasteiger partial charge in [0, 0.05) is 9.50 Å². The Labute approximate surface area is 121 Å². The molecular weight excluding hydrogens is 312 g/mol. The first-order chi connectivity index (χ1) is 8.50. The largest absolute Gasteiger partial charge is 0.384 e. The van der Waals surface area contributed by atoms with Crippen LogP contribution in [0.1, 0.15) is 28.4 Å². The zero-order valence-corrected chi connectivity index (χ0v) is 12.6. The van der Waals surface area contributed by atoms with Crippen LogP contribution in [0, 0.1) is 13.8 Å². The molecule has 18 heavy (non-hydrogen) atoms. The first kappa shape index (κ1) is 13.6. The van der Waals surface area contributed by atoms with E-state index in [0.717, 1.165) is 31.7 Å². The van der Waals surface area contributed by atoms with E-state index in [4.69, 9.17) is 11.6 Å². The number of aliphatic hydroxyl groups excluding tert-OH is 1. The molecule has 0 saturated carbocycles. The first-order valence-corrected chi connectivity index (χ1v) is 6.87. The lowest BCUT2D eigenvalue weighted by atomic mass is 9.98. The fourth-order valence-corrected chi connectivity index (χ4v) is 2.62.